The minimum absolute atomic E-state index is 0.0199. The summed E-state index contributed by atoms with van der Waals surface area (Å²) in [5.74, 6) is -0.0413. The lowest BCUT2D eigenvalue weighted by Gasteiger charge is -2.42. The Morgan fingerprint density at radius 2 is 1.92 bits per heavy atom. The van der Waals surface area contributed by atoms with Gasteiger partial charge in [0.15, 0.2) is 0 Å². The third kappa shape index (κ3) is 2.58. The molecular formula is C18H18FN3O2. The maximum absolute atomic E-state index is 13.7. The van der Waals surface area contributed by atoms with Crippen LogP contribution in [0.25, 0.3) is 0 Å². The number of nitrogens with zero attached hydrogens (tertiary/aromatic N) is 2. The third-order valence-corrected chi connectivity index (χ3v) is 4.88. The maximum Gasteiger partial charge on any atom is 0.321 e. The zero-order valence-corrected chi connectivity index (χ0v) is 13.1. The number of fused-ring (bicyclic) bond motifs is 4. The molecule has 0 unspecified atom stereocenters. The van der Waals surface area contributed by atoms with Gasteiger partial charge in [-0.2, -0.15) is 0 Å². The first-order chi connectivity index (χ1) is 11.6. The number of likely N-dealkylation sites (tertiary alicyclic amines) is 1. The van der Waals surface area contributed by atoms with E-state index in [2.05, 4.69) is 5.32 Å². The van der Waals surface area contributed by atoms with Crippen LogP contribution in [-0.4, -0.2) is 28.6 Å². The van der Waals surface area contributed by atoms with Crippen LogP contribution in [0.2, 0.25) is 0 Å². The van der Waals surface area contributed by atoms with Crippen molar-refractivity contribution in [3.05, 3.63) is 64.3 Å². The number of pyridine rings is 1. The maximum atomic E-state index is 13.7. The van der Waals surface area contributed by atoms with E-state index in [1.165, 1.54) is 6.07 Å². The van der Waals surface area contributed by atoms with Crippen LogP contribution in [0, 0.1) is 11.7 Å². The number of benzene rings is 1. The molecule has 1 N–H and O–H groups in total. The van der Waals surface area contributed by atoms with Crippen molar-refractivity contribution >= 4 is 11.7 Å². The van der Waals surface area contributed by atoms with Crippen LogP contribution in [0.3, 0.4) is 0 Å². The number of rotatable bonds is 1. The van der Waals surface area contributed by atoms with E-state index in [1.54, 1.807) is 35.2 Å². The SMILES string of the molecule is O=C(Nc1ccccc1F)N1C[C@@H]2C[C@@H](C1)c1cccc(=O)n1C2. The highest BCUT2D eigenvalue weighted by molar-refractivity contribution is 5.89. The lowest BCUT2D eigenvalue weighted by molar-refractivity contribution is 0.139. The van der Waals surface area contributed by atoms with Gasteiger partial charge in [0.1, 0.15) is 5.82 Å². The second kappa shape index (κ2) is 5.78. The molecule has 3 heterocycles. The fraction of sp³-hybridized carbons (Fsp3) is 0.333. The van der Waals surface area contributed by atoms with E-state index in [1.807, 2.05) is 10.6 Å². The molecule has 0 radical (unpaired) electrons. The van der Waals surface area contributed by atoms with Gasteiger partial charge in [-0.15, -0.1) is 0 Å². The molecule has 124 valence electrons. The van der Waals surface area contributed by atoms with Crippen LogP contribution in [0.5, 0.6) is 0 Å². The predicted molar refractivity (Wildman–Crippen MR) is 88.5 cm³/mol. The predicted octanol–water partition coefficient (Wildman–Crippen LogP) is 2.64. The molecule has 0 saturated carbocycles. The van der Waals surface area contributed by atoms with Crippen molar-refractivity contribution < 1.29 is 9.18 Å². The summed E-state index contributed by atoms with van der Waals surface area (Å²) in [7, 11) is 0. The van der Waals surface area contributed by atoms with Crippen LogP contribution in [0.4, 0.5) is 14.9 Å². The summed E-state index contributed by atoms with van der Waals surface area (Å²) in [5.41, 5.74) is 1.20. The molecule has 1 aromatic heterocycles. The van der Waals surface area contributed by atoms with E-state index < -0.39 is 5.82 Å². The minimum atomic E-state index is -0.444. The van der Waals surface area contributed by atoms with E-state index in [-0.39, 0.29) is 29.1 Å². The van der Waals surface area contributed by atoms with Crippen molar-refractivity contribution in [3.8, 4) is 0 Å². The zero-order chi connectivity index (χ0) is 16.7. The number of aromatic nitrogens is 1. The quantitative estimate of drug-likeness (QED) is 0.875. The topological polar surface area (TPSA) is 54.3 Å². The Morgan fingerprint density at radius 1 is 1.08 bits per heavy atom. The number of hydrogen-bond donors (Lipinski definition) is 1. The second-order valence-electron chi connectivity index (χ2n) is 6.51. The van der Waals surface area contributed by atoms with Crippen molar-refractivity contribution in [1.29, 1.82) is 0 Å². The number of anilines is 1. The molecule has 24 heavy (non-hydrogen) atoms. The molecule has 1 fully saturated rings. The Balaban J connectivity index is 1.55. The third-order valence-electron chi connectivity index (χ3n) is 4.88. The van der Waals surface area contributed by atoms with Gasteiger partial charge in [-0.05, 0) is 30.5 Å². The average Bonchev–Trinajstić information content (AvgIpc) is 2.58. The van der Waals surface area contributed by atoms with Crippen molar-refractivity contribution in [1.82, 2.24) is 9.47 Å². The lowest BCUT2D eigenvalue weighted by atomic mass is 9.83. The Hall–Kier alpha value is -2.63. The lowest BCUT2D eigenvalue weighted by Crippen LogP contribution is -2.50. The van der Waals surface area contributed by atoms with Crippen molar-refractivity contribution in [2.75, 3.05) is 18.4 Å². The van der Waals surface area contributed by atoms with Gasteiger partial charge in [0.2, 0.25) is 0 Å². The highest BCUT2D eigenvalue weighted by Crippen LogP contribution is 2.35. The monoisotopic (exact) mass is 327 g/mol. The molecule has 2 aromatic rings. The average molecular weight is 327 g/mol. The normalized spacial score (nSPS) is 22.0. The molecule has 2 aliphatic rings. The molecule has 0 spiro atoms. The largest absolute Gasteiger partial charge is 0.324 e. The number of carbonyl (C=O) groups is 1. The first-order valence-electron chi connectivity index (χ1n) is 8.12. The summed E-state index contributed by atoms with van der Waals surface area (Å²) in [4.78, 5) is 26.3. The summed E-state index contributed by atoms with van der Waals surface area (Å²) in [6.07, 6.45) is 0.979. The number of hydrogen-bond acceptors (Lipinski definition) is 2. The molecule has 1 saturated heterocycles. The molecule has 1 aromatic carbocycles. The van der Waals surface area contributed by atoms with E-state index in [9.17, 15) is 14.0 Å². The summed E-state index contributed by atoms with van der Waals surface area (Å²) in [6.45, 7) is 1.76. The van der Waals surface area contributed by atoms with Gasteiger partial charge < -0.3 is 14.8 Å². The molecule has 2 aliphatic heterocycles. The van der Waals surface area contributed by atoms with E-state index in [0.29, 0.717) is 19.6 Å². The molecule has 4 rings (SSSR count). The van der Waals surface area contributed by atoms with Crippen molar-refractivity contribution in [2.24, 2.45) is 5.92 Å². The van der Waals surface area contributed by atoms with Crippen LogP contribution < -0.4 is 10.9 Å². The molecule has 5 nitrogen and oxygen atoms in total. The fourth-order valence-electron chi connectivity index (χ4n) is 3.82. The Bertz CT molecular complexity index is 848. The smallest absolute Gasteiger partial charge is 0.321 e. The molecular weight excluding hydrogens is 309 g/mol. The Labute approximate surface area is 138 Å². The molecule has 2 bridgehead atoms. The van der Waals surface area contributed by atoms with Crippen molar-refractivity contribution in [3.63, 3.8) is 0 Å². The summed E-state index contributed by atoms with van der Waals surface area (Å²) < 4.78 is 15.5. The second-order valence-corrected chi connectivity index (χ2v) is 6.51. The van der Waals surface area contributed by atoms with Gasteiger partial charge >= 0.3 is 6.03 Å². The number of para-hydroxylation sites is 1. The summed E-state index contributed by atoms with van der Waals surface area (Å²) in [5, 5.41) is 2.65. The van der Waals surface area contributed by atoms with Gasteiger partial charge in [0, 0.05) is 37.3 Å². The first kappa shape index (κ1) is 14.9. The number of carbonyl (C=O) groups excluding carboxylic acids is 1. The molecule has 2 amide bonds. The molecule has 0 aliphatic carbocycles. The van der Waals surface area contributed by atoms with E-state index in [4.69, 9.17) is 0 Å². The van der Waals surface area contributed by atoms with Crippen LogP contribution in [-0.2, 0) is 6.54 Å². The standard InChI is InChI=1S/C18H18FN3O2/c19-14-4-1-2-5-15(14)20-18(24)21-9-12-8-13(11-21)16-6-3-7-17(23)22(16)10-12/h1-7,12-13H,8-11H2,(H,20,24)/t12-,13-/m0/s1. The Kier molecular flexibility index (Phi) is 3.59. The molecule has 6 heteroatoms. The number of halogens is 1. The van der Waals surface area contributed by atoms with Gasteiger partial charge in [-0.3, -0.25) is 4.79 Å². The van der Waals surface area contributed by atoms with E-state index >= 15 is 0 Å². The van der Waals surface area contributed by atoms with Crippen LogP contribution >= 0.6 is 0 Å². The minimum Gasteiger partial charge on any atom is -0.324 e. The van der Waals surface area contributed by atoms with Gasteiger partial charge in [0.25, 0.3) is 5.56 Å². The molecule has 2 atom stereocenters. The number of urea groups is 1. The summed E-state index contributed by atoms with van der Waals surface area (Å²) in [6, 6.07) is 11.2. The number of nitrogens with one attached hydrogen (secondary N) is 1. The van der Waals surface area contributed by atoms with E-state index in [0.717, 1.165) is 12.1 Å². The highest BCUT2D eigenvalue weighted by Gasteiger charge is 2.36. The highest BCUT2D eigenvalue weighted by atomic mass is 19.1. The van der Waals surface area contributed by atoms with Crippen LogP contribution in [0.1, 0.15) is 18.0 Å². The fourth-order valence-corrected chi connectivity index (χ4v) is 3.82. The van der Waals surface area contributed by atoms with Crippen LogP contribution in [0.15, 0.2) is 47.3 Å². The first-order valence-corrected chi connectivity index (χ1v) is 8.12. The van der Waals surface area contributed by atoms with Crippen molar-refractivity contribution in [2.45, 2.75) is 18.9 Å². The number of amides is 2. The zero-order valence-electron chi connectivity index (χ0n) is 13.1. The summed E-state index contributed by atoms with van der Waals surface area (Å²) >= 11 is 0. The van der Waals surface area contributed by atoms with Gasteiger partial charge in [-0.1, -0.05) is 18.2 Å². The number of piperidine rings is 1. The Morgan fingerprint density at radius 3 is 2.75 bits per heavy atom. The van der Waals surface area contributed by atoms with Gasteiger partial charge in [-0.25, -0.2) is 9.18 Å². The van der Waals surface area contributed by atoms with Gasteiger partial charge in [0.05, 0.1) is 5.69 Å².